The first-order valence-electron chi connectivity index (χ1n) is 7.67. The van der Waals surface area contributed by atoms with Gasteiger partial charge in [-0.25, -0.2) is 0 Å². The molecule has 0 radical (unpaired) electrons. The Labute approximate surface area is 134 Å². The Kier molecular flexibility index (Phi) is 5.81. The first-order valence-corrected chi connectivity index (χ1v) is 8.46. The van der Waals surface area contributed by atoms with Gasteiger partial charge in [0.2, 0.25) is 0 Å². The minimum absolute atomic E-state index is 0.0107. The number of carbonyl (C=O) groups is 1. The number of hydrogen-bond donors (Lipinski definition) is 0. The van der Waals surface area contributed by atoms with Crippen molar-refractivity contribution < 1.29 is 9.53 Å². The third-order valence-corrected chi connectivity index (χ3v) is 4.98. The fraction of sp³-hybridized carbons (Fsp3) is 0.733. The number of piperidine rings is 1. The van der Waals surface area contributed by atoms with Gasteiger partial charge in [0, 0.05) is 19.6 Å². The molecule has 0 bridgehead atoms. The maximum atomic E-state index is 11.9. The number of aromatic nitrogens is 2. The maximum Gasteiger partial charge on any atom is 0.310 e. The second-order valence-corrected chi connectivity index (χ2v) is 6.28. The van der Waals surface area contributed by atoms with E-state index in [1.165, 1.54) is 5.69 Å². The predicted molar refractivity (Wildman–Crippen MR) is 85.0 cm³/mol. The summed E-state index contributed by atoms with van der Waals surface area (Å²) < 4.78 is 8.28. The Morgan fingerprint density at radius 3 is 2.90 bits per heavy atom. The molecule has 0 spiro atoms. The van der Waals surface area contributed by atoms with Gasteiger partial charge in [-0.2, -0.15) is 5.10 Å². The van der Waals surface area contributed by atoms with Crippen molar-refractivity contribution in [2.24, 2.45) is 5.92 Å². The van der Waals surface area contributed by atoms with E-state index in [1.54, 1.807) is 0 Å². The van der Waals surface area contributed by atoms with Gasteiger partial charge in [-0.05, 0) is 56.1 Å². The first-order chi connectivity index (χ1) is 10.1. The van der Waals surface area contributed by atoms with Gasteiger partial charge in [0.05, 0.1) is 28.4 Å². The normalized spacial score (nSPS) is 19.7. The van der Waals surface area contributed by atoms with Crippen LogP contribution in [-0.2, 0) is 22.6 Å². The molecule has 0 amide bonds. The van der Waals surface area contributed by atoms with Gasteiger partial charge in [-0.15, -0.1) is 0 Å². The minimum atomic E-state index is -0.0542. The molecule has 6 heteroatoms. The van der Waals surface area contributed by atoms with Crippen molar-refractivity contribution in [2.75, 3.05) is 19.7 Å². The van der Waals surface area contributed by atoms with Crippen molar-refractivity contribution in [1.29, 1.82) is 0 Å². The topological polar surface area (TPSA) is 47.4 Å². The van der Waals surface area contributed by atoms with Crippen LogP contribution in [0.4, 0.5) is 0 Å². The molecule has 2 rings (SSSR count). The lowest BCUT2D eigenvalue weighted by Gasteiger charge is -2.31. The van der Waals surface area contributed by atoms with E-state index in [-0.39, 0.29) is 11.9 Å². The van der Waals surface area contributed by atoms with E-state index in [9.17, 15) is 4.79 Å². The largest absolute Gasteiger partial charge is 0.466 e. The fourth-order valence-electron chi connectivity index (χ4n) is 2.88. The number of rotatable bonds is 5. The number of likely N-dealkylation sites (tertiary alicyclic amines) is 1. The summed E-state index contributed by atoms with van der Waals surface area (Å²) >= 11 is 3.64. The van der Waals surface area contributed by atoms with Crippen molar-refractivity contribution in [3.8, 4) is 0 Å². The summed E-state index contributed by atoms with van der Waals surface area (Å²) in [6.45, 7) is 9.91. The lowest BCUT2D eigenvalue weighted by Crippen LogP contribution is -2.39. The van der Waals surface area contributed by atoms with Crippen LogP contribution in [0.1, 0.15) is 38.1 Å². The minimum Gasteiger partial charge on any atom is -0.466 e. The molecule has 2 heterocycles. The second-order valence-electron chi connectivity index (χ2n) is 5.49. The van der Waals surface area contributed by atoms with Crippen molar-refractivity contribution in [3.63, 3.8) is 0 Å². The Hall–Kier alpha value is -0.880. The maximum absolute atomic E-state index is 11.9. The molecule has 1 saturated heterocycles. The highest BCUT2D eigenvalue weighted by Gasteiger charge is 2.28. The Bertz CT molecular complexity index is 501. The molecule has 0 unspecified atom stereocenters. The third kappa shape index (κ3) is 3.86. The molecule has 1 aliphatic rings. The van der Waals surface area contributed by atoms with Gasteiger partial charge in [0.15, 0.2) is 0 Å². The number of esters is 1. The number of carbonyl (C=O) groups excluding carboxylic acids is 1. The van der Waals surface area contributed by atoms with Crippen molar-refractivity contribution >= 4 is 21.9 Å². The first kappa shape index (κ1) is 16.5. The van der Waals surface area contributed by atoms with Gasteiger partial charge in [0.1, 0.15) is 0 Å². The molecule has 1 aromatic rings. The number of ether oxygens (including phenoxy) is 1. The zero-order valence-electron chi connectivity index (χ0n) is 13.1. The molecule has 0 saturated carbocycles. The zero-order chi connectivity index (χ0) is 15.4. The Morgan fingerprint density at radius 1 is 1.48 bits per heavy atom. The van der Waals surface area contributed by atoms with Crippen LogP contribution in [-0.4, -0.2) is 40.3 Å². The highest BCUT2D eigenvalue weighted by Crippen LogP contribution is 2.25. The lowest BCUT2D eigenvalue weighted by molar-refractivity contribution is -0.150. The number of hydrogen-bond acceptors (Lipinski definition) is 4. The smallest absolute Gasteiger partial charge is 0.310 e. The van der Waals surface area contributed by atoms with E-state index < -0.39 is 0 Å². The highest BCUT2D eigenvalue weighted by atomic mass is 79.9. The average Bonchev–Trinajstić information content (AvgIpc) is 2.75. The molecular weight excluding hydrogens is 334 g/mol. The number of aryl methyl sites for hydroxylation is 2. The van der Waals surface area contributed by atoms with Gasteiger partial charge in [0.25, 0.3) is 0 Å². The van der Waals surface area contributed by atoms with Crippen LogP contribution in [0.15, 0.2) is 4.47 Å². The van der Waals surface area contributed by atoms with Crippen LogP contribution in [0.3, 0.4) is 0 Å². The van der Waals surface area contributed by atoms with Crippen LogP contribution in [0.25, 0.3) is 0 Å². The highest BCUT2D eigenvalue weighted by molar-refractivity contribution is 9.10. The molecule has 0 aliphatic carbocycles. The molecule has 21 heavy (non-hydrogen) atoms. The Balaban J connectivity index is 2.04. The molecule has 1 aliphatic heterocycles. The predicted octanol–water partition coefficient (Wildman–Crippen LogP) is 2.75. The van der Waals surface area contributed by atoms with Crippen LogP contribution in [0, 0.1) is 12.8 Å². The van der Waals surface area contributed by atoms with Gasteiger partial charge in [-0.1, -0.05) is 0 Å². The molecular formula is C15H24BrN3O2. The van der Waals surface area contributed by atoms with Crippen molar-refractivity contribution in [1.82, 2.24) is 14.7 Å². The van der Waals surface area contributed by atoms with E-state index in [1.807, 2.05) is 18.5 Å². The standard InChI is InChI=1S/C15H24BrN3O2/c1-4-19-13(14(16)11(3)17-19)10-18-8-6-7-12(9-18)15(20)21-5-2/h12H,4-10H2,1-3H3/t12-/m0/s1. The summed E-state index contributed by atoms with van der Waals surface area (Å²) in [4.78, 5) is 14.2. The lowest BCUT2D eigenvalue weighted by atomic mass is 9.98. The summed E-state index contributed by atoms with van der Waals surface area (Å²) in [6.07, 6.45) is 1.98. The summed E-state index contributed by atoms with van der Waals surface area (Å²) in [5.41, 5.74) is 2.21. The second kappa shape index (κ2) is 7.40. The molecule has 1 atom stereocenters. The van der Waals surface area contributed by atoms with E-state index >= 15 is 0 Å². The average molecular weight is 358 g/mol. The van der Waals surface area contributed by atoms with Gasteiger partial charge in [-0.3, -0.25) is 14.4 Å². The van der Waals surface area contributed by atoms with E-state index in [2.05, 4.69) is 32.9 Å². The van der Waals surface area contributed by atoms with E-state index in [0.717, 1.165) is 49.2 Å². The number of halogens is 1. The monoisotopic (exact) mass is 357 g/mol. The summed E-state index contributed by atoms with van der Waals surface area (Å²) in [5, 5.41) is 4.53. The molecule has 1 aromatic heterocycles. The van der Waals surface area contributed by atoms with Gasteiger partial charge < -0.3 is 4.74 Å². The molecule has 0 N–H and O–H groups in total. The van der Waals surface area contributed by atoms with Crippen molar-refractivity contribution in [2.45, 2.75) is 46.7 Å². The molecule has 1 fully saturated rings. The van der Waals surface area contributed by atoms with Crippen LogP contribution >= 0.6 is 15.9 Å². The molecule has 0 aromatic carbocycles. The summed E-state index contributed by atoms with van der Waals surface area (Å²) in [7, 11) is 0. The quantitative estimate of drug-likeness (QED) is 0.760. The molecule has 5 nitrogen and oxygen atoms in total. The third-order valence-electron chi connectivity index (χ3n) is 3.95. The summed E-state index contributed by atoms with van der Waals surface area (Å²) in [5.74, 6) is -0.0435. The van der Waals surface area contributed by atoms with Crippen molar-refractivity contribution in [3.05, 3.63) is 15.9 Å². The van der Waals surface area contributed by atoms with Crippen LogP contribution < -0.4 is 0 Å². The van der Waals surface area contributed by atoms with Gasteiger partial charge >= 0.3 is 5.97 Å². The zero-order valence-corrected chi connectivity index (χ0v) is 14.6. The van der Waals surface area contributed by atoms with E-state index in [0.29, 0.717) is 6.61 Å². The molecule has 118 valence electrons. The fourth-order valence-corrected chi connectivity index (χ4v) is 3.29. The van der Waals surface area contributed by atoms with Crippen LogP contribution in [0.2, 0.25) is 0 Å². The van der Waals surface area contributed by atoms with Crippen LogP contribution in [0.5, 0.6) is 0 Å². The summed E-state index contributed by atoms with van der Waals surface area (Å²) in [6, 6.07) is 0. The van der Waals surface area contributed by atoms with E-state index in [4.69, 9.17) is 4.74 Å². The number of nitrogens with zero attached hydrogens (tertiary/aromatic N) is 3. The SMILES string of the molecule is CCOC(=O)[C@H]1CCCN(Cc2c(Br)c(C)nn2CC)C1. The Morgan fingerprint density at radius 2 is 2.24 bits per heavy atom.